The van der Waals surface area contributed by atoms with Gasteiger partial charge in [0.1, 0.15) is 0 Å². The van der Waals surface area contributed by atoms with Gasteiger partial charge in [-0.1, -0.05) is 29.8 Å². The van der Waals surface area contributed by atoms with Crippen LogP contribution >= 0.6 is 24.0 Å². The Hall–Kier alpha value is -0.770. The Morgan fingerprint density at radius 1 is 1.45 bits per heavy atom. The molecule has 0 radical (unpaired) electrons. The summed E-state index contributed by atoms with van der Waals surface area (Å²) in [4.78, 5) is 14.4. The summed E-state index contributed by atoms with van der Waals surface area (Å²) in [6.45, 7) is 4.38. The average molecular weight is 317 g/mol. The van der Waals surface area contributed by atoms with E-state index in [0.717, 1.165) is 31.5 Å². The SMILES string of the molecule is CN(Cc1ccccc1Cl)C(=O)C1(C)CCCNC1.Cl. The van der Waals surface area contributed by atoms with Gasteiger partial charge in [0.2, 0.25) is 5.91 Å². The second-order valence-electron chi connectivity index (χ2n) is 5.59. The molecule has 0 saturated carbocycles. The van der Waals surface area contributed by atoms with E-state index in [1.165, 1.54) is 0 Å². The molecule has 1 unspecified atom stereocenters. The molecule has 1 aliphatic heterocycles. The van der Waals surface area contributed by atoms with Crippen molar-refractivity contribution in [1.82, 2.24) is 10.2 Å². The van der Waals surface area contributed by atoms with Gasteiger partial charge in [-0.2, -0.15) is 0 Å². The molecule has 1 N–H and O–H groups in total. The quantitative estimate of drug-likeness (QED) is 0.929. The van der Waals surface area contributed by atoms with E-state index in [-0.39, 0.29) is 23.7 Å². The van der Waals surface area contributed by atoms with Crippen molar-refractivity contribution in [3.8, 4) is 0 Å². The summed E-state index contributed by atoms with van der Waals surface area (Å²) in [6.07, 6.45) is 2.01. The first-order valence-electron chi connectivity index (χ1n) is 6.73. The maximum Gasteiger partial charge on any atom is 0.229 e. The fourth-order valence-corrected chi connectivity index (χ4v) is 2.85. The Labute approximate surface area is 132 Å². The summed E-state index contributed by atoms with van der Waals surface area (Å²) in [5.74, 6) is 0.194. The molecular formula is C15H22Cl2N2O. The first-order valence-corrected chi connectivity index (χ1v) is 7.10. The lowest BCUT2D eigenvalue weighted by Crippen LogP contribution is -2.48. The van der Waals surface area contributed by atoms with Crippen LogP contribution in [0, 0.1) is 5.41 Å². The molecule has 2 rings (SSSR count). The van der Waals surface area contributed by atoms with Crippen molar-refractivity contribution in [3.05, 3.63) is 34.9 Å². The van der Waals surface area contributed by atoms with Crippen LogP contribution in [0.2, 0.25) is 5.02 Å². The zero-order valence-corrected chi connectivity index (χ0v) is 13.6. The van der Waals surface area contributed by atoms with Crippen molar-refractivity contribution < 1.29 is 4.79 Å². The maximum absolute atomic E-state index is 12.6. The predicted octanol–water partition coefficient (Wildman–Crippen LogP) is 3.11. The van der Waals surface area contributed by atoms with Crippen LogP contribution in [0.5, 0.6) is 0 Å². The first-order chi connectivity index (χ1) is 9.03. The van der Waals surface area contributed by atoms with Crippen LogP contribution in [-0.2, 0) is 11.3 Å². The topological polar surface area (TPSA) is 32.3 Å². The molecular weight excluding hydrogens is 295 g/mol. The van der Waals surface area contributed by atoms with Gasteiger partial charge in [-0.3, -0.25) is 4.79 Å². The summed E-state index contributed by atoms with van der Waals surface area (Å²) in [5.41, 5.74) is 0.709. The van der Waals surface area contributed by atoms with E-state index < -0.39 is 0 Å². The normalized spacial score (nSPS) is 21.9. The van der Waals surface area contributed by atoms with Crippen LogP contribution in [0.3, 0.4) is 0 Å². The lowest BCUT2D eigenvalue weighted by Gasteiger charge is -2.36. The molecule has 112 valence electrons. The number of rotatable bonds is 3. The van der Waals surface area contributed by atoms with E-state index in [2.05, 4.69) is 5.32 Å². The van der Waals surface area contributed by atoms with Gasteiger partial charge in [-0.05, 0) is 37.9 Å². The number of benzene rings is 1. The highest BCUT2D eigenvalue weighted by Crippen LogP contribution is 2.28. The fourth-order valence-electron chi connectivity index (χ4n) is 2.65. The van der Waals surface area contributed by atoms with Gasteiger partial charge in [-0.15, -0.1) is 12.4 Å². The standard InChI is InChI=1S/C15H21ClN2O.ClH/c1-15(8-5-9-17-11-15)14(19)18(2)10-12-6-3-4-7-13(12)16;/h3-4,6-7,17H,5,8-11H2,1-2H3;1H. The minimum Gasteiger partial charge on any atom is -0.341 e. The summed E-state index contributed by atoms with van der Waals surface area (Å²) in [6, 6.07) is 7.68. The Morgan fingerprint density at radius 2 is 2.15 bits per heavy atom. The second kappa shape index (κ2) is 7.30. The number of amides is 1. The largest absolute Gasteiger partial charge is 0.341 e. The molecule has 1 aromatic carbocycles. The van der Waals surface area contributed by atoms with Crippen LogP contribution in [0.25, 0.3) is 0 Å². The maximum atomic E-state index is 12.6. The second-order valence-corrected chi connectivity index (χ2v) is 6.00. The first kappa shape index (κ1) is 17.3. The number of carbonyl (C=O) groups excluding carboxylic acids is 1. The molecule has 1 heterocycles. The monoisotopic (exact) mass is 316 g/mol. The highest BCUT2D eigenvalue weighted by atomic mass is 35.5. The van der Waals surface area contributed by atoms with E-state index in [1.807, 2.05) is 38.2 Å². The van der Waals surface area contributed by atoms with E-state index in [1.54, 1.807) is 4.90 Å². The predicted molar refractivity (Wildman–Crippen MR) is 85.4 cm³/mol. The molecule has 1 fully saturated rings. The highest BCUT2D eigenvalue weighted by molar-refractivity contribution is 6.31. The number of carbonyl (C=O) groups is 1. The molecule has 0 spiro atoms. The zero-order valence-electron chi connectivity index (χ0n) is 12.0. The molecule has 3 nitrogen and oxygen atoms in total. The van der Waals surface area contributed by atoms with Crippen molar-refractivity contribution in [3.63, 3.8) is 0 Å². The van der Waals surface area contributed by atoms with Crippen molar-refractivity contribution in [2.45, 2.75) is 26.3 Å². The number of hydrogen-bond donors (Lipinski definition) is 1. The van der Waals surface area contributed by atoms with Crippen LogP contribution < -0.4 is 5.32 Å². The van der Waals surface area contributed by atoms with Crippen molar-refractivity contribution in [2.24, 2.45) is 5.41 Å². The van der Waals surface area contributed by atoms with Gasteiger partial charge in [-0.25, -0.2) is 0 Å². The van der Waals surface area contributed by atoms with Crippen LogP contribution in [0.4, 0.5) is 0 Å². The lowest BCUT2D eigenvalue weighted by molar-refractivity contribution is -0.141. The van der Waals surface area contributed by atoms with Crippen LogP contribution in [0.1, 0.15) is 25.3 Å². The summed E-state index contributed by atoms with van der Waals surface area (Å²) in [5, 5.41) is 4.03. The Kier molecular flexibility index (Phi) is 6.31. The number of hydrogen-bond acceptors (Lipinski definition) is 2. The third kappa shape index (κ3) is 3.87. The molecule has 0 aliphatic carbocycles. The average Bonchev–Trinajstić information content (AvgIpc) is 2.41. The number of halogens is 2. The van der Waals surface area contributed by atoms with Gasteiger partial charge >= 0.3 is 0 Å². The van der Waals surface area contributed by atoms with Crippen molar-refractivity contribution >= 4 is 29.9 Å². The minimum atomic E-state index is -0.283. The molecule has 20 heavy (non-hydrogen) atoms. The molecule has 0 aromatic heterocycles. The molecule has 1 atom stereocenters. The smallest absolute Gasteiger partial charge is 0.229 e. The van der Waals surface area contributed by atoms with Gasteiger partial charge in [0.25, 0.3) is 0 Å². The fraction of sp³-hybridized carbons (Fsp3) is 0.533. The minimum absolute atomic E-state index is 0. The molecule has 0 bridgehead atoms. The van der Waals surface area contributed by atoms with Crippen LogP contribution in [-0.4, -0.2) is 30.9 Å². The number of piperidine rings is 1. The summed E-state index contributed by atoms with van der Waals surface area (Å²) < 4.78 is 0. The van der Waals surface area contributed by atoms with Crippen LogP contribution in [0.15, 0.2) is 24.3 Å². The van der Waals surface area contributed by atoms with Gasteiger partial charge in [0.05, 0.1) is 5.41 Å². The third-order valence-corrected chi connectivity index (χ3v) is 4.19. The lowest BCUT2D eigenvalue weighted by atomic mass is 9.81. The molecule has 5 heteroatoms. The van der Waals surface area contributed by atoms with Crippen molar-refractivity contribution in [1.29, 1.82) is 0 Å². The highest BCUT2D eigenvalue weighted by Gasteiger charge is 2.36. The van der Waals surface area contributed by atoms with Gasteiger partial charge in [0.15, 0.2) is 0 Å². The summed E-state index contributed by atoms with van der Waals surface area (Å²) >= 11 is 6.14. The van der Waals surface area contributed by atoms with E-state index in [4.69, 9.17) is 11.6 Å². The zero-order chi connectivity index (χ0) is 13.9. The van der Waals surface area contributed by atoms with E-state index in [0.29, 0.717) is 11.6 Å². The number of nitrogens with zero attached hydrogens (tertiary/aromatic N) is 1. The molecule has 1 saturated heterocycles. The molecule has 1 aliphatic rings. The van der Waals surface area contributed by atoms with E-state index >= 15 is 0 Å². The molecule has 1 amide bonds. The molecule has 1 aromatic rings. The third-order valence-electron chi connectivity index (χ3n) is 3.83. The van der Waals surface area contributed by atoms with Crippen molar-refractivity contribution in [2.75, 3.05) is 20.1 Å². The van der Waals surface area contributed by atoms with Gasteiger partial charge in [0, 0.05) is 25.2 Å². The number of nitrogens with one attached hydrogen (secondary N) is 1. The van der Waals surface area contributed by atoms with E-state index in [9.17, 15) is 4.79 Å². The Morgan fingerprint density at radius 3 is 2.75 bits per heavy atom. The Bertz CT molecular complexity index is 459. The Balaban J connectivity index is 0.00000200. The van der Waals surface area contributed by atoms with Gasteiger partial charge < -0.3 is 10.2 Å². The summed E-state index contributed by atoms with van der Waals surface area (Å²) in [7, 11) is 1.85.